The van der Waals surface area contributed by atoms with E-state index in [-0.39, 0.29) is 30.8 Å². The Morgan fingerprint density at radius 3 is 1.88 bits per heavy atom. The van der Waals surface area contributed by atoms with E-state index in [1.54, 1.807) is 48.5 Å². The van der Waals surface area contributed by atoms with Crippen LogP contribution in [0.4, 0.5) is 0 Å². The molecule has 11 nitrogen and oxygen atoms in total. The van der Waals surface area contributed by atoms with Crippen molar-refractivity contribution in [3.05, 3.63) is 95.6 Å². The van der Waals surface area contributed by atoms with E-state index in [2.05, 4.69) is 10.6 Å². The monoisotopic (exact) mass is 588 g/mol. The third-order valence-electron chi connectivity index (χ3n) is 7.45. The summed E-state index contributed by atoms with van der Waals surface area (Å²) in [5, 5.41) is 34.2. The molecule has 1 aliphatic heterocycles. The van der Waals surface area contributed by atoms with Gasteiger partial charge < -0.3 is 36.6 Å². The van der Waals surface area contributed by atoms with Crippen LogP contribution >= 0.6 is 0 Å². The number of hydrogen-bond acceptors (Lipinski definition) is 7. The SMILES string of the molecule is NC(Cc1ccc(O)cc1)C(=O)N1CCCC1C(=O)NC(Cc1ccccc1)C(=O)NC(Cc1ccc(O)cc1)C(=O)O. The van der Waals surface area contributed by atoms with Crippen LogP contribution in [-0.4, -0.2) is 74.6 Å². The molecule has 226 valence electrons. The van der Waals surface area contributed by atoms with Crippen molar-refractivity contribution in [3.63, 3.8) is 0 Å². The molecule has 1 saturated heterocycles. The Morgan fingerprint density at radius 2 is 1.30 bits per heavy atom. The maximum atomic E-state index is 13.5. The maximum absolute atomic E-state index is 13.5. The predicted molar refractivity (Wildman–Crippen MR) is 158 cm³/mol. The number of rotatable bonds is 12. The number of carboxylic acid groups (broad SMARTS) is 1. The number of phenols is 2. The molecule has 0 saturated carbocycles. The molecule has 1 aliphatic rings. The van der Waals surface area contributed by atoms with E-state index in [1.807, 2.05) is 6.07 Å². The van der Waals surface area contributed by atoms with Gasteiger partial charge in [0.25, 0.3) is 0 Å². The summed E-state index contributed by atoms with van der Waals surface area (Å²) in [4.78, 5) is 53.7. The van der Waals surface area contributed by atoms with Crippen LogP contribution in [0.15, 0.2) is 78.9 Å². The molecule has 0 aromatic heterocycles. The van der Waals surface area contributed by atoms with Crippen molar-refractivity contribution in [2.45, 2.75) is 56.3 Å². The highest BCUT2D eigenvalue weighted by molar-refractivity contribution is 5.94. The van der Waals surface area contributed by atoms with Crippen molar-refractivity contribution in [2.24, 2.45) is 5.73 Å². The zero-order valence-corrected chi connectivity index (χ0v) is 23.6. The van der Waals surface area contributed by atoms with Gasteiger partial charge in [0.15, 0.2) is 0 Å². The first kappa shape index (κ1) is 31.0. The minimum atomic E-state index is -1.28. The fourth-order valence-corrected chi connectivity index (χ4v) is 5.16. The minimum Gasteiger partial charge on any atom is -0.508 e. The average molecular weight is 589 g/mol. The molecule has 3 aromatic rings. The van der Waals surface area contributed by atoms with Crippen LogP contribution in [0, 0.1) is 0 Å². The van der Waals surface area contributed by atoms with Crippen LogP contribution in [0.25, 0.3) is 0 Å². The third-order valence-corrected chi connectivity index (χ3v) is 7.45. The van der Waals surface area contributed by atoms with Crippen molar-refractivity contribution < 1.29 is 34.5 Å². The van der Waals surface area contributed by atoms with E-state index in [1.165, 1.54) is 29.2 Å². The molecular formula is C32H36N4O7. The van der Waals surface area contributed by atoms with Crippen molar-refractivity contribution in [1.29, 1.82) is 0 Å². The Morgan fingerprint density at radius 1 is 0.767 bits per heavy atom. The summed E-state index contributed by atoms with van der Waals surface area (Å²) in [7, 11) is 0. The molecule has 3 aromatic carbocycles. The number of carboxylic acids is 1. The smallest absolute Gasteiger partial charge is 0.326 e. The molecule has 11 heteroatoms. The van der Waals surface area contributed by atoms with Gasteiger partial charge >= 0.3 is 5.97 Å². The zero-order valence-electron chi connectivity index (χ0n) is 23.6. The van der Waals surface area contributed by atoms with Gasteiger partial charge in [-0.25, -0.2) is 4.79 Å². The fourth-order valence-electron chi connectivity index (χ4n) is 5.16. The summed E-state index contributed by atoms with van der Waals surface area (Å²) in [5.74, 6) is -2.71. The molecule has 3 amide bonds. The Balaban J connectivity index is 1.46. The number of phenolic OH excluding ortho intramolecular Hbond substituents is 2. The summed E-state index contributed by atoms with van der Waals surface area (Å²) < 4.78 is 0. The molecule has 0 bridgehead atoms. The van der Waals surface area contributed by atoms with Gasteiger partial charge in [-0.05, 0) is 60.2 Å². The lowest BCUT2D eigenvalue weighted by Crippen LogP contribution is -2.57. The molecule has 4 atom stereocenters. The maximum Gasteiger partial charge on any atom is 0.326 e. The van der Waals surface area contributed by atoms with Gasteiger partial charge in [-0.3, -0.25) is 14.4 Å². The number of likely N-dealkylation sites (tertiary alicyclic amines) is 1. The number of carbonyl (C=O) groups excluding carboxylic acids is 3. The lowest BCUT2D eigenvalue weighted by Gasteiger charge is -2.29. The molecule has 4 rings (SSSR count). The Kier molecular flexibility index (Phi) is 10.3. The van der Waals surface area contributed by atoms with E-state index in [4.69, 9.17) is 5.73 Å². The fraction of sp³-hybridized carbons (Fsp3) is 0.312. The Bertz CT molecular complexity index is 1410. The van der Waals surface area contributed by atoms with Crippen molar-refractivity contribution in [1.82, 2.24) is 15.5 Å². The molecule has 0 spiro atoms. The van der Waals surface area contributed by atoms with Gasteiger partial charge in [-0.2, -0.15) is 0 Å². The molecular weight excluding hydrogens is 552 g/mol. The number of carbonyl (C=O) groups is 4. The summed E-state index contributed by atoms with van der Waals surface area (Å²) in [5.41, 5.74) is 8.33. The van der Waals surface area contributed by atoms with Crippen LogP contribution in [0.3, 0.4) is 0 Å². The molecule has 7 N–H and O–H groups in total. The third kappa shape index (κ3) is 8.55. The zero-order chi connectivity index (χ0) is 30.9. The van der Waals surface area contributed by atoms with Crippen molar-refractivity contribution in [2.75, 3.05) is 6.54 Å². The molecule has 43 heavy (non-hydrogen) atoms. The summed E-state index contributed by atoms with van der Waals surface area (Å²) in [6, 6.07) is 17.2. The number of nitrogens with one attached hydrogen (secondary N) is 2. The second-order valence-electron chi connectivity index (χ2n) is 10.7. The van der Waals surface area contributed by atoms with Gasteiger partial charge in [0.1, 0.15) is 29.6 Å². The number of amides is 3. The van der Waals surface area contributed by atoms with Gasteiger partial charge in [0, 0.05) is 19.4 Å². The predicted octanol–water partition coefficient (Wildman–Crippen LogP) is 1.50. The molecule has 1 heterocycles. The minimum absolute atomic E-state index is 0.0306. The number of hydrogen-bond donors (Lipinski definition) is 6. The standard InChI is InChI=1S/C32H36N4O7/c33-25(17-21-8-12-23(37)13-9-21)31(41)36-16-4-7-28(36)30(40)34-26(18-20-5-2-1-3-6-20)29(39)35-27(32(42)43)19-22-10-14-24(38)15-11-22/h1-3,5-6,8-15,25-28,37-38H,4,7,16-19,33H2,(H,34,40)(H,35,39)(H,42,43). The van der Waals surface area contributed by atoms with Crippen LogP contribution in [-0.2, 0) is 38.4 Å². The topological polar surface area (TPSA) is 182 Å². The number of nitrogens with zero attached hydrogens (tertiary/aromatic N) is 1. The van der Waals surface area contributed by atoms with Gasteiger partial charge in [0.2, 0.25) is 17.7 Å². The van der Waals surface area contributed by atoms with E-state index in [0.29, 0.717) is 24.9 Å². The quantitative estimate of drug-likeness (QED) is 0.184. The first-order valence-corrected chi connectivity index (χ1v) is 14.1. The first-order valence-electron chi connectivity index (χ1n) is 14.1. The normalized spacial score (nSPS) is 16.6. The van der Waals surface area contributed by atoms with Crippen LogP contribution in [0.2, 0.25) is 0 Å². The highest BCUT2D eigenvalue weighted by Crippen LogP contribution is 2.20. The van der Waals surface area contributed by atoms with E-state index < -0.39 is 47.9 Å². The molecule has 1 fully saturated rings. The summed E-state index contributed by atoms with van der Waals surface area (Å²) in [6.45, 7) is 0.337. The lowest BCUT2D eigenvalue weighted by atomic mass is 10.0. The van der Waals surface area contributed by atoms with Gasteiger partial charge in [0.05, 0.1) is 6.04 Å². The molecule has 4 unspecified atom stereocenters. The lowest BCUT2D eigenvalue weighted by molar-refractivity contribution is -0.143. The Hall–Kier alpha value is -4.90. The highest BCUT2D eigenvalue weighted by atomic mass is 16.4. The molecule has 0 aliphatic carbocycles. The van der Waals surface area contributed by atoms with Crippen LogP contribution in [0.1, 0.15) is 29.5 Å². The highest BCUT2D eigenvalue weighted by Gasteiger charge is 2.38. The largest absolute Gasteiger partial charge is 0.508 e. The van der Waals surface area contributed by atoms with E-state index >= 15 is 0 Å². The average Bonchev–Trinajstić information content (AvgIpc) is 3.49. The number of aromatic hydroxyl groups is 2. The van der Waals surface area contributed by atoms with Crippen LogP contribution < -0.4 is 16.4 Å². The first-order chi connectivity index (χ1) is 20.6. The second kappa shape index (κ2) is 14.3. The second-order valence-corrected chi connectivity index (χ2v) is 10.7. The number of benzene rings is 3. The van der Waals surface area contributed by atoms with Crippen LogP contribution in [0.5, 0.6) is 11.5 Å². The van der Waals surface area contributed by atoms with Gasteiger partial charge in [-0.15, -0.1) is 0 Å². The summed E-state index contributed by atoms with van der Waals surface area (Å²) in [6.07, 6.45) is 1.27. The van der Waals surface area contributed by atoms with Crippen molar-refractivity contribution >= 4 is 23.7 Å². The van der Waals surface area contributed by atoms with E-state index in [0.717, 1.165) is 11.1 Å². The van der Waals surface area contributed by atoms with Crippen molar-refractivity contribution in [3.8, 4) is 11.5 Å². The number of aliphatic carboxylic acids is 1. The number of nitrogens with two attached hydrogens (primary N) is 1. The van der Waals surface area contributed by atoms with E-state index in [9.17, 15) is 34.5 Å². The molecule has 0 radical (unpaired) electrons. The summed E-state index contributed by atoms with van der Waals surface area (Å²) >= 11 is 0. The Labute approximate surface area is 249 Å². The van der Waals surface area contributed by atoms with Gasteiger partial charge in [-0.1, -0.05) is 54.6 Å².